The van der Waals surface area contributed by atoms with Crippen molar-refractivity contribution in [2.75, 3.05) is 18.5 Å². The van der Waals surface area contributed by atoms with E-state index in [1.165, 1.54) is 17.0 Å². The molecule has 7 nitrogen and oxygen atoms in total. The zero-order valence-corrected chi connectivity index (χ0v) is 17.0. The first-order chi connectivity index (χ1) is 13.8. The summed E-state index contributed by atoms with van der Waals surface area (Å²) in [7, 11) is 0. The van der Waals surface area contributed by atoms with Gasteiger partial charge in [0.1, 0.15) is 0 Å². The van der Waals surface area contributed by atoms with Crippen molar-refractivity contribution >= 4 is 52.6 Å². The number of nitrogens with zero attached hydrogens (tertiary/aromatic N) is 1. The van der Waals surface area contributed by atoms with E-state index in [0.29, 0.717) is 27.6 Å². The molecule has 0 aromatic heterocycles. The summed E-state index contributed by atoms with van der Waals surface area (Å²) in [6.07, 6.45) is 2.84. The lowest BCUT2D eigenvalue weighted by atomic mass is 9.81. The Bertz CT molecular complexity index is 862. The van der Waals surface area contributed by atoms with Crippen molar-refractivity contribution in [3.63, 3.8) is 0 Å². The Morgan fingerprint density at radius 1 is 1.10 bits per heavy atom. The van der Waals surface area contributed by atoms with E-state index >= 15 is 0 Å². The van der Waals surface area contributed by atoms with Crippen LogP contribution in [0.1, 0.15) is 25.7 Å². The number of benzene rings is 1. The number of imide groups is 1. The van der Waals surface area contributed by atoms with Crippen LogP contribution in [0.4, 0.5) is 5.69 Å². The summed E-state index contributed by atoms with van der Waals surface area (Å²) < 4.78 is 4.95. The number of rotatable bonds is 6. The van der Waals surface area contributed by atoms with Gasteiger partial charge in [0.05, 0.1) is 29.0 Å². The van der Waals surface area contributed by atoms with Crippen LogP contribution in [0.2, 0.25) is 10.0 Å². The summed E-state index contributed by atoms with van der Waals surface area (Å²) >= 11 is 11.8. The zero-order valence-electron chi connectivity index (χ0n) is 15.5. The smallest absolute Gasteiger partial charge is 0.308 e. The first kappa shape index (κ1) is 20.2. The molecule has 2 bridgehead atoms. The maximum absolute atomic E-state index is 12.6. The highest BCUT2D eigenvalue weighted by atomic mass is 35.5. The van der Waals surface area contributed by atoms with Gasteiger partial charge in [-0.2, -0.15) is 0 Å². The fraction of sp³-hybridized carbons (Fsp3) is 0.500. The molecule has 4 atom stereocenters. The Morgan fingerprint density at radius 2 is 1.76 bits per heavy atom. The van der Waals surface area contributed by atoms with Crippen LogP contribution in [0, 0.1) is 23.7 Å². The van der Waals surface area contributed by atoms with Crippen LogP contribution >= 0.6 is 23.2 Å². The predicted octanol–water partition coefficient (Wildman–Crippen LogP) is 2.90. The van der Waals surface area contributed by atoms with E-state index < -0.39 is 18.5 Å². The lowest BCUT2D eigenvalue weighted by Gasteiger charge is -2.19. The zero-order chi connectivity index (χ0) is 20.7. The topological polar surface area (TPSA) is 92.8 Å². The number of fused-ring (bicyclic) bond motifs is 5. The number of hydrogen-bond donors (Lipinski definition) is 1. The van der Waals surface area contributed by atoms with E-state index in [1.807, 2.05) is 0 Å². The van der Waals surface area contributed by atoms with E-state index in [1.54, 1.807) is 6.07 Å². The van der Waals surface area contributed by atoms with Crippen molar-refractivity contribution in [2.24, 2.45) is 23.7 Å². The fourth-order valence-electron chi connectivity index (χ4n) is 4.89. The lowest BCUT2D eigenvalue weighted by molar-refractivity contribution is -0.149. The molecule has 3 aliphatic rings. The first-order valence-electron chi connectivity index (χ1n) is 9.61. The molecule has 4 rings (SSSR count). The number of esters is 1. The summed E-state index contributed by atoms with van der Waals surface area (Å²) in [6, 6.07) is 4.61. The molecule has 1 N–H and O–H groups in total. The van der Waals surface area contributed by atoms with Crippen molar-refractivity contribution in [1.82, 2.24) is 4.90 Å². The maximum atomic E-state index is 12.6. The third-order valence-electron chi connectivity index (χ3n) is 6.13. The van der Waals surface area contributed by atoms with Gasteiger partial charge in [-0.1, -0.05) is 23.2 Å². The van der Waals surface area contributed by atoms with E-state index in [2.05, 4.69) is 5.32 Å². The second-order valence-corrected chi connectivity index (χ2v) is 8.64. The Kier molecular flexibility index (Phi) is 5.53. The second-order valence-electron chi connectivity index (χ2n) is 7.80. The minimum absolute atomic E-state index is 0.00925. The van der Waals surface area contributed by atoms with E-state index in [4.69, 9.17) is 27.9 Å². The van der Waals surface area contributed by atoms with Crippen molar-refractivity contribution in [2.45, 2.75) is 25.7 Å². The highest BCUT2D eigenvalue weighted by molar-refractivity contribution is 6.35. The van der Waals surface area contributed by atoms with Crippen molar-refractivity contribution in [1.29, 1.82) is 0 Å². The molecule has 154 valence electrons. The number of halogens is 2. The van der Waals surface area contributed by atoms with Gasteiger partial charge in [-0.3, -0.25) is 24.1 Å². The third kappa shape index (κ3) is 3.85. The SMILES string of the molecule is O=C(COC(=O)CCN1C(=O)[C@H]2[C@H]3CC[C@@H](C3)[C@@H]2C1=O)Nc1cc(Cl)ccc1Cl. The first-order valence-corrected chi connectivity index (χ1v) is 10.4. The summed E-state index contributed by atoms with van der Waals surface area (Å²) in [6.45, 7) is -0.510. The number of likely N-dealkylation sites (tertiary alicyclic amines) is 1. The number of amides is 3. The largest absolute Gasteiger partial charge is 0.456 e. The molecule has 2 aliphatic carbocycles. The molecule has 1 aromatic rings. The summed E-state index contributed by atoms with van der Waals surface area (Å²) in [4.78, 5) is 50.3. The molecule has 1 aromatic carbocycles. The lowest BCUT2D eigenvalue weighted by Crippen LogP contribution is -2.35. The Balaban J connectivity index is 1.24. The van der Waals surface area contributed by atoms with Gasteiger partial charge in [-0.25, -0.2) is 0 Å². The molecule has 1 aliphatic heterocycles. The van der Waals surface area contributed by atoms with Gasteiger partial charge in [0, 0.05) is 11.6 Å². The van der Waals surface area contributed by atoms with Crippen LogP contribution in [-0.4, -0.2) is 41.7 Å². The quantitative estimate of drug-likeness (QED) is 0.544. The molecule has 3 amide bonds. The molecule has 29 heavy (non-hydrogen) atoms. The molecule has 0 radical (unpaired) electrons. The third-order valence-corrected chi connectivity index (χ3v) is 6.69. The molecule has 9 heteroatoms. The highest BCUT2D eigenvalue weighted by Gasteiger charge is 2.60. The summed E-state index contributed by atoms with van der Waals surface area (Å²) in [5, 5.41) is 3.22. The predicted molar refractivity (Wildman–Crippen MR) is 105 cm³/mol. The van der Waals surface area contributed by atoms with Gasteiger partial charge in [0.2, 0.25) is 11.8 Å². The van der Waals surface area contributed by atoms with Gasteiger partial charge in [-0.15, -0.1) is 0 Å². The molecule has 2 saturated carbocycles. The standard InChI is InChI=1S/C20H20Cl2N2O5/c21-12-3-4-13(22)14(8-12)23-15(25)9-29-16(26)5-6-24-19(27)17-10-1-2-11(7-10)18(17)20(24)28/h3-4,8,10-11,17-18H,1-2,5-7,9H2,(H,23,25)/t10-,11-,17-,18-/m0/s1. The number of ether oxygens (including phenoxy) is 1. The highest BCUT2D eigenvalue weighted by Crippen LogP contribution is 2.56. The fourth-order valence-corrected chi connectivity index (χ4v) is 5.23. The maximum Gasteiger partial charge on any atom is 0.308 e. The van der Waals surface area contributed by atoms with Gasteiger partial charge < -0.3 is 10.1 Å². The number of carbonyl (C=O) groups excluding carboxylic acids is 4. The molecule has 1 heterocycles. The van der Waals surface area contributed by atoms with Crippen molar-refractivity contribution < 1.29 is 23.9 Å². The van der Waals surface area contributed by atoms with Crippen LogP contribution in [0.5, 0.6) is 0 Å². The Hall–Kier alpha value is -2.12. The van der Waals surface area contributed by atoms with Crippen LogP contribution in [-0.2, 0) is 23.9 Å². The van der Waals surface area contributed by atoms with Gasteiger partial charge >= 0.3 is 5.97 Å². The summed E-state index contributed by atoms with van der Waals surface area (Å²) in [5.74, 6) is -1.33. The summed E-state index contributed by atoms with van der Waals surface area (Å²) in [5.41, 5.74) is 0.314. The Labute approximate surface area is 177 Å². The van der Waals surface area contributed by atoms with Crippen LogP contribution in [0.3, 0.4) is 0 Å². The van der Waals surface area contributed by atoms with Gasteiger partial charge in [0.25, 0.3) is 5.91 Å². The molecular formula is C20H20Cl2N2O5. The number of nitrogens with one attached hydrogen (secondary N) is 1. The average Bonchev–Trinajstić information content (AvgIpc) is 3.36. The van der Waals surface area contributed by atoms with Crippen LogP contribution in [0.15, 0.2) is 18.2 Å². The van der Waals surface area contributed by atoms with Crippen LogP contribution in [0.25, 0.3) is 0 Å². The Morgan fingerprint density at radius 3 is 2.41 bits per heavy atom. The van der Waals surface area contributed by atoms with E-state index in [0.717, 1.165) is 19.3 Å². The van der Waals surface area contributed by atoms with Crippen LogP contribution < -0.4 is 5.32 Å². The van der Waals surface area contributed by atoms with E-state index in [9.17, 15) is 19.2 Å². The van der Waals surface area contributed by atoms with E-state index in [-0.39, 0.29) is 36.6 Å². The minimum atomic E-state index is -0.655. The monoisotopic (exact) mass is 438 g/mol. The van der Waals surface area contributed by atoms with Gasteiger partial charge in [0.15, 0.2) is 6.61 Å². The van der Waals surface area contributed by atoms with Gasteiger partial charge in [-0.05, 0) is 49.3 Å². The molecule has 0 spiro atoms. The second kappa shape index (κ2) is 7.95. The van der Waals surface area contributed by atoms with Crippen molar-refractivity contribution in [3.05, 3.63) is 28.2 Å². The number of hydrogen-bond acceptors (Lipinski definition) is 5. The number of anilines is 1. The normalized spacial score (nSPS) is 27.3. The molecule has 0 unspecified atom stereocenters. The molecular weight excluding hydrogens is 419 g/mol. The molecule has 1 saturated heterocycles. The average molecular weight is 439 g/mol. The number of carbonyl (C=O) groups is 4. The molecule has 3 fully saturated rings. The van der Waals surface area contributed by atoms with Crippen molar-refractivity contribution in [3.8, 4) is 0 Å². The minimum Gasteiger partial charge on any atom is -0.456 e.